The first kappa shape index (κ1) is 13.6. The molecule has 1 aromatic rings. The second kappa shape index (κ2) is 6.37. The van der Waals surface area contributed by atoms with Gasteiger partial charge in [-0.15, -0.1) is 0 Å². The fourth-order valence-corrected chi connectivity index (χ4v) is 3.18. The molecule has 1 fully saturated rings. The van der Waals surface area contributed by atoms with Gasteiger partial charge in [-0.1, -0.05) is 26.7 Å². The monoisotopic (exact) mass is 249 g/mol. The van der Waals surface area contributed by atoms with Crippen molar-refractivity contribution >= 4 is 0 Å². The molecule has 102 valence electrons. The minimum absolute atomic E-state index is 0.711. The fraction of sp³-hybridized carbons (Fsp3) is 0.800. The zero-order valence-corrected chi connectivity index (χ0v) is 12.0. The number of rotatable bonds is 5. The summed E-state index contributed by atoms with van der Waals surface area (Å²) in [6.45, 7) is 5.65. The molecule has 1 aliphatic carbocycles. The molecular weight excluding hydrogens is 222 g/mol. The Kier molecular flexibility index (Phi) is 4.81. The van der Waals surface area contributed by atoms with Crippen LogP contribution in [-0.4, -0.2) is 15.8 Å². The molecule has 1 saturated carbocycles. The Morgan fingerprint density at radius 2 is 2.28 bits per heavy atom. The topological polar surface area (TPSA) is 29.9 Å². The number of nitrogens with zero attached hydrogens (tertiary/aromatic N) is 2. The Balaban J connectivity index is 1.75. The van der Waals surface area contributed by atoms with Crippen molar-refractivity contribution in [2.75, 3.05) is 0 Å². The summed E-state index contributed by atoms with van der Waals surface area (Å²) in [6.07, 6.45) is 11.0. The predicted octanol–water partition coefficient (Wildman–Crippen LogP) is 3.11. The standard InChI is InChI=1S/C15H27N3/c1-12(2)7-13-5-4-6-15(8-13)16-9-14-10-17-18(3)11-14/h10-13,15-16H,4-9H2,1-3H3. The lowest BCUT2D eigenvalue weighted by molar-refractivity contribution is 0.252. The van der Waals surface area contributed by atoms with Crippen LogP contribution in [0.4, 0.5) is 0 Å². The summed E-state index contributed by atoms with van der Waals surface area (Å²) in [4.78, 5) is 0. The number of aromatic nitrogens is 2. The van der Waals surface area contributed by atoms with Crippen LogP contribution >= 0.6 is 0 Å². The first-order valence-corrected chi connectivity index (χ1v) is 7.34. The quantitative estimate of drug-likeness (QED) is 0.869. The van der Waals surface area contributed by atoms with E-state index in [1.807, 2.05) is 17.9 Å². The molecule has 0 aliphatic heterocycles. The molecule has 0 amide bonds. The lowest BCUT2D eigenvalue weighted by Gasteiger charge is -2.30. The maximum atomic E-state index is 4.21. The van der Waals surface area contributed by atoms with E-state index in [9.17, 15) is 0 Å². The van der Waals surface area contributed by atoms with Gasteiger partial charge in [0, 0.05) is 31.4 Å². The minimum Gasteiger partial charge on any atom is -0.310 e. The molecule has 18 heavy (non-hydrogen) atoms. The highest BCUT2D eigenvalue weighted by molar-refractivity contribution is 5.03. The van der Waals surface area contributed by atoms with E-state index in [4.69, 9.17) is 0 Å². The molecule has 0 aromatic carbocycles. The van der Waals surface area contributed by atoms with E-state index in [1.54, 1.807) is 0 Å². The minimum atomic E-state index is 0.711. The van der Waals surface area contributed by atoms with Gasteiger partial charge in [0.1, 0.15) is 0 Å². The Morgan fingerprint density at radius 1 is 1.44 bits per heavy atom. The normalized spacial score (nSPS) is 24.7. The third kappa shape index (κ3) is 4.13. The molecule has 0 saturated heterocycles. The smallest absolute Gasteiger partial charge is 0.0534 e. The van der Waals surface area contributed by atoms with Crippen LogP contribution in [0, 0.1) is 11.8 Å². The zero-order chi connectivity index (χ0) is 13.0. The first-order valence-electron chi connectivity index (χ1n) is 7.34. The van der Waals surface area contributed by atoms with Crippen LogP contribution < -0.4 is 5.32 Å². The van der Waals surface area contributed by atoms with Crippen molar-refractivity contribution in [1.82, 2.24) is 15.1 Å². The Hall–Kier alpha value is -0.830. The van der Waals surface area contributed by atoms with Crippen LogP contribution in [0.25, 0.3) is 0 Å². The van der Waals surface area contributed by atoms with Crippen LogP contribution in [0.1, 0.15) is 51.5 Å². The lowest BCUT2D eigenvalue weighted by atomic mass is 9.81. The second-order valence-corrected chi connectivity index (χ2v) is 6.26. The second-order valence-electron chi connectivity index (χ2n) is 6.26. The van der Waals surface area contributed by atoms with E-state index in [0.717, 1.165) is 18.4 Å². The van der Waals surface area contributed by atoms with Gasteiger partial charge >= 0.3 is 0 Å². The molecule has 2 unspecified atom stereocenters. The highest BCUT2D eigenvalue weighted by atomic mass is 15.2. The average Bonchev–Trinajstić information content (AvgIpc) is 2.72. The van der Waals surface area contributed by atoms with Crippen molar-refractivity contribution in [3.8, 4) is 0 Å². The number of hydrogen-bond donors (Lipinski definition) is 1. The van der Waals surface area contributed by atoms with Gasteiger partial charge in [0.25, 0.3) is 0 Å². The van der Waals surface area contributed by atoms with Gasteiger partial charge in [0.15, 0.2) is 0 Å². The lowest BCUT2D eigenvalue weighted by Crippen LogP contribution is -2.34. The summed E-state index contributed by atoms with van der Waals surface area (Å²) >= 11 is 0. The van der Waals surface area contributed by atoms with Crippen molar-refractivity contribution in [1.29, 1.82) is 0 Å². The molecule has 0 radical (unpaired) electrons. The van der Waals surface area contributed by atoms with Gasteiger partial charge in [-0.3, -0.25) is 4.68 Å². The van der Waals surface area contributed by atoms with Crippen molar-refractivity contribution in [3.63, 3.8) is 0 Å². The Morgan fingerprint density at radius 3 is 2.94 bits per heavy atom. The van der Waals surface area contributed by atoms with Crippen LogP contribution in [0.15, 0.2) is 12.4 Å². The number of aryl methyl sites for hydroxylation is 1. The fourth-order valence-electron chi connectivity index (χ4n) is 3.18. The largest absolute Gasteiger partial charge is 0.310 e. The maximum absolute atomic E-state index is 4.21. The van der Waals surface area contributed by atoms with Crippen molar-refractivity contribution in [2.45, 2.75) is 58.5 Å². The molecule has 0 spiro atoms. The van der Waals surface area contributed by atoms with Crippen LogP contribution in [0.5, 0.6) is 0 Å². The van der Waals surface area contributed by atoms with Crippen molar-refractivity contribution < 1.29 is 0 Å². The first-order chi connectivity index (χ1) is 8.63. The zero-order valence-electron chi connectivity index (χ0n) is 12.0. The van der Waals surface area contributed by atoms with E-state index in [2.05, 4.69) is 30.5 Å². The van der Waals surface area contributed by atoms with Gasteiger partial charge in [0.2, 0.25) is 0 Å². The van der Waals surface area contributed by atoms with E-state index >= 15 is 0 Å². The molecule has 3 heteroatoms. The van der Waals surface area contributed by atoms with E-state index in [0.29, 0.717) is 6.04 Å². The molecule has 1 heterocycles. The highest BCUT2D eigenvalue weighted by Crippen LogP contribution is 2.29. The van der Waals surface area contributed by atoms with Crippen molar-refractivity contribution in [2.24, 2.45) is 18.9 Å². The number of hydrogen-bond acceptors (Lipinski definition) is 2. The SMILES string of the molecule is CC(C)CC1CCCC(NCc2cnn(C)c2)C1. The average molecular weight is 249 g/mol. The van der Waals surface area contributed by atoms with Crippen LogP contribution in [0.2, 0.25) is 0 Å². The third-order valence-corrected chi connectivity index (χ3v) is 3.94. The number of nitrogens with one attached hydrogen (secondary N) is 1. The predicted molar refractivity (Wildman–Crippen MR) is 75.2 cm³/mol. The molecule has 1 N–H and O–H groups in total. The van der Waals surface area contributed by atoms with Gasteiger partial charge in [-0.25, -0.2) is 0 Å². The molecule has 0 bridgehead atoms. The summed E-state index contributed by atoms with van der Waals surface area (Å²) in [5.74, 6) is 1.78. The summed E-state index contributed by atoms with van der Waals surface area (Å²) < 4.78 is 1.87. The summed E-state index contributed by atoms with van der Waals surface area (Å²) in [5, 5.41) is 7.91. The van der Waals surface area contributed by atoms with E-state index in [1.165, 1.54) is 37.7 Å². The Bertz CT molecular complexity index is 356. The van der Waals surface area contributed by atoms with Crippen LogP contribution in [0.3, 0.4) is 0 Å². The maximum Gasteiger partial charge on any atom is 0.0534 e. The van der Waals surface area contributed by atoms with Gasteiger partial charge in [0.05, 0.1) is 6.20 Å². The van der Waals surface area contributed by atoms with Gasteiger partial charge in [-0.05, 0) is 31.1 Å². The summed E-state index contributed by atoms with van der Waals surface area (Å²) in [6, 6.07) is 0.711. The summed E-state index contributed by atoms with van der Waals surface area (Å²) in [5.41, 5.74) is 1.29. The van der Waals surface area contributed by atoms with E-state index < -0.39 is 0 Å². The Labute approximate surface area is 111 Å². The van der Waals surface area contributed by atoms with Crippen molar-refractivity contribution in [3.05, 3.63) is 18.0 Å². The van der Waals surface area contributed by atoms with Gasteiger partial charge in [-0.2, -0.15) is 5.10 Å². The third-order valence-electron chi connectivity index (χ3n) is 3.94. The molecular formula is C15H27N3. The highest BCUT2D eigenvalue weighted by Gasteiger charge is 2.22. The molecule has 2 atom stereocenters. The molecule has 2 rings (SSSR count). The van der Waals surface area contributed by atoms with Gasteiger partial charge < -0.3 is 5.32 Å². The molecule has 1 aliphatic rings. The van der Waals surface area contributed by atoms with E-state index in [-0.39, 0.29) is 0 Å². The molecule has 1 aromatic heterocycles. The summed E-state index contributed by atoms with van der Waals surface area (Å²) in [7, 11) is 1.97. The van der Waals surface area contributed by atoms with Crippen LogP contribution in [-0.2, 0) is 13.6 Å². The molecule has 3 nitrogen and oxygen atoms in total.